The van der Waals surface area contributed by atoms with Gasteiger partial charge in [0.05, 0.1) is 5.69 Å². The molecule has 126 valence electrons. The van der Waals surface area contributed by atoms with E-state index in [1.165, 1.54) is 44.4 Å². The molecule has 1 aliphatic rings. The predicted octanol–water partition coefficient (Wildman–Crippen LogP) is 6.88. The van der Waals surface area contributed by atoms with Gasteiger partial charge in [-0.15, -0.1) is 0 Å². The smallest absolute Gasteiger partial charge is 0.0541 e. The molecule has 0 radical (unpaired) electrons. The molecular weight excluding hydrogens is 314 g/mol. The summed E-state index contributed by atoms with van der Waals surface area (Å²) in [5.74, 6) is 0.452. The molecule has 1 heterocycles. The first kappa shape index (κ1) is 15.2. The Labute approximate surface area is 154 Å². The third-order valence-electron chi connectivity index (χ3n) is 5.52. The molecule has 1 aromatic heterocycles. The molecule has 3 aromatic carbocycles. The van der Waals surface area contributed by atoms with Gasteiger partial charge in [0, 0.05) is 22.4 Å². The predicted molar refractivity (Wildman–Crippen MR) is 111 cm³/mol. The van der Waals surface area contributed by atoms with E-state index in [0.717, 1.165) is 6.42 Å². The molecule has 0 saturated heterocycles. The fraction of sp³-hybridized carbons (Fsp3) is 0.120. The van der Waals surface area contributed by atoms with Crippen LogP contribution in [0.3, 0.4) is 0 Å². The summed E-state index contributed by atoms with van der Waals surface area (Å²) in [7, 11) is 0. The Balaban J connectivity index is 1.80. The Morgan fingerprint density at radius 3 is 2.38 bits per heavy atom. The minimum absolute atomic E-state index is 0.452. The summed E-state index contributed by atoms with van der Waals surface area (Å²) in [5, 5.41) is 1.31. The minimum Gasteiger partial charge on any atom is -0.354 e. The number of aromatic nitrogens is 1. The van der Waals surface area contributed by atoms with Crippen LogP contribution in [0.5, 0.6) is 0 Å². The van der Waals surface area contributed by atoms with E-state index in [1.807, 2.05) is 0 Å². The molecule has 1 atom stereocenters. The Morgan fingerprint density at radius 1 is 0.808 bits per heavy atom. The number of benzene rings is 3. The SMILES string of the molecule is CCC1C(c2c(-c3ccccc3)[nH]c3ccccc23)=Cc2ccccc21. The first-order chi connectivity index (χ1) is 12.9. The van der Waals surface area contributed by atoms with E-state index in [1.54, 1.807) is 0 Å². The van der Waals surface area contributed by atoms with E-state index in [2.05, 4.69) is 96.8 Å². The zero-order valence-electron chi connectivity index (χ0n) is 14.9. The van der Waals surface area contributed by atoms with Crippen molar-refractivity contribution in [1.29, 1.82) is 0 Å². The molecule has 1 nitrogen and oxygen atoms in total. The van der Waals surface area contributed by atoms with Crippen molar-refractivity contribution >= 4 is 22.6 Å². The Hall–Kier alpha value is -3.06. The molecule has 5 rings (SSSR count). The second-order valence-corrected chi connectivity index (χ2v) is 6.98. The number of nitrogens with one attached hydrogen (secondary N) is 1. The summed E-state index contributed by atoms with van der Waals surface area (Å²) in [5.41, 5.74) is 9.27. The minimum atomic E-state index is 0.452. The molecule has 1 aliphatic carbocycles. The van der Waals surface area contributed by atoms with Crippen LogP contribution < -0.4 is 0 Å². The lowest BCUT2D eigenvalue weighted by Crippen LogP contribution is -1.98. The van der Waals surface area contributed by atoms with Crippen LogP contribution >= 0.6 is 0 Å². The molecule has 0 bridgehead atoms. The van der Waals surface area contributed by atoms with Crippen molar-refractivity contribution in [3.63, 3.8) is 0 Å². The largest absolute Gasteiger partial charge is 0.354 e. The second-order valence-electron chi connectivity index (χ2n) is 6.98. The van der Waals surface area contributed by atoms with Gasteiger partial charge in [0.15, 0.2) is 0 Å². The number of hydrogen-bond donors (Lipinski definition) is 1. The van der Waals surface area contributed by atoms with Gasteiger partial charge in [0.25, 0.3) is 0 Å². The van der Waals surface area contributed by atoms with Crippen molar-refractivity contribution in [3.8, 4) is 11.3 Å². The van der Waals surface area contributed by atoms with Gasteiger partial charge in [-0.3, -0.25) is 0 Å². The first-order valence-electron chi connectivity index (χ1n) is 9.34. The van der Waals surface area contributed by atoms with Crippen LogP contribution in [0, 0.1) is 0 Å². The highest BCUT2D eigenvalue weighted by atomic mass is 14.7. The maximum atomic E-state index is 3.69. The van der Waals surface area contributed by atoms with Crippen molar-refractivity contribution < 1.29 is 0 Å². The summed E-state index contributed by atoms with van der Waals surface area (Å²) in [4.78, 5) is 3.69. The Bertz CT molecular complexity index is 1120. The quantitative estimate of drug-likeness (QED) is 0.420. The van der Waals surface area contributed by atoms with Crippen LogP contribution in [-0.4, -0.2) is 4.98 Å². The second kappa shape index (κ2) is 6.03. The van der Waals surface area contributed by atoms with E-state index < -0.39 is 0 Å². The van der Waals surface area contributed by atoms with Crippen LogP contribution in [0.4, 0.5) is 0 Å². The molecule has 0 saturated carbocycles. The molecular formula is C25H21N. The van der Waals surface area contributed by atoms with Crippen molar-refractivity contribution in [2.75, 3.05) is 0 Å². The van der Waals surface area contributed by atoms with Crippen LogP contribution in [-0.2, 0) is 0 Å². The van der Waals surface area contributed by atoms with Crippen LogP contribution in [0.25, 0.3) is 33.8 Å². The summed E-state index contributed by atoms with van der Waals surface area (Å²) in [6.07, 6.45) is 3.50. The number of aromatic amines is 1. The van der Waals surface area contributed by atoms with E-state index in [4.69, 9.17) is 0 Å². The van der Waals surface area contributed by atoms with E-state index in [0.29, 0.717) is 5.92 Å². The monoisotopic (exact) mass is 335 g/mol. The zero-order valence-corrected chi connectivity index (χ0v) is 14.9. The van der Waals surface area contributed by atoms with Crippen LogP contribution in [0.15, 0.2) is 78.9 Å². The summed E-state index contributed by atoms with van der Waals surface area (Å²) < 4.78 is 0. The van der Waals surface area contributed by atoms with Gasteiger partial charge in [-0.05, 0) is 34.8 Å². The summed E-state index contributed by atoms with van der Waals surface area (Å²) in [6, 6.07) is 28.2. The molecule has 1 heteroatoms. The van der Waals surface area contributed by atoms with Gasteiger partial charge in [-0.2, -0.15) is 0 Å². The molecule has 4 aromatic rings. The number of H-pyrrole nitrogens is 1. The molecule has 26 heavy (non-hydrogen) atoms. The van der Waals surface area contributed by atoms with Crippen molar-refractivity contribution in [2.24, 2.45) is 0 Å². The summed E-state index contributed by atoms with van der Waals surface area (Å²) >= 11 is 0. The van der Waals surface area contributed by atoms with Crippen LogP contribution in [0.1, 0.15) is 36.0 Å². The van der Waals surface area contributed by atoms with E-state index >= 15 is 0 Å². The average molecular weight is 335 g/mol. The lowest BCUT2D eigenvalue weighted by Gasteiger charge is -2.16. The van der Waals surface area contributed by atoms with Gasteiger partial charge in [-0.25, -0.2) is 0 Å². The van der Waals surface area contributed by atoms with Crippen LogP contribution in [0.2, 0.25) is 0 Å². The Morgan fingerprint density at radius 2 is 1.54 bits per heavy atom. The number of fused-ring (bicyclic) bond motifs is 2. The van der Waals surface area contributed by atoms with Gasteiger partial charge < -0.3 is 4.98 Å². The molecule has 0 spiro atoms. The fourth-order valence-electron chi connectivity index (χ4n) is 4.34. The van der Waals surface area contributed by atoms with Crippen molar-refractivity contribution in [3.05, 3.63) is 95.6 Å². The third kappa shape index (κ3) is 2.24. The van der Waals surface area contributed by atoms with Gasteiger partial charge >= 0.3 is 0 Å². The average Bonchev–Trinajstić information content (AvgIpc) is 3.26. The maximum Gasteiger partial charge on any atom is 0.0541 e. The van der Waals surface area contributed by atoms with E-state index in [9.17, 15) is 0 Å². The normalized spacial score (nSPS) is 15.9. The third-order valence-corrected chi connectivity index (χ3v) is 5.52. The van der Waals surface area contributed by atoms with Gasteiger partial charge in [0.2, 0.25) is 0 Å². The van der Waals surface area contributed by atoms with E-state index in [-0.39, 0.29) is 0 Å². The lowest BCUT2D eigenvalue weighted by molar-refractivity contribution is 0.835. The van der Waals surface area contributed by atoms with Gasteiger partial charge in [0.1, 0.15) is 0 Å². The highest BCUT2D eigenvalue weighted by Crippen LogP contribution is 2.48. The fourth-order valence-corrected chi connectivity index (χ4v) is 4.34. The standard InChI is InChI=1S/C25H21N/c1-2-19-20-13-7-6-12-18(20)16-22(19)24-21-14-8-9-15-23(21)26-25(24)17-10-4-3-5-11-17/h3-16,19,26H,2H2,1H3. The Kier molecular flexibility index (Phi) is 3.53. The lowest BCUT2D eigenvalue weighted by atomic mass is 9.87. The van der Waals surface area contributed by atoms with Crippen molar-refractivity contribution in [2.45, 2.75) is 19.3 Å². The molecule has 1 unspecified atom stereocenters. The first-order valence-corrected chi connectivity index (χ1v) is 9.34. The highest BCUT2D eigenvalue weighted by Gasteiger charge is 2.28. The molecule has 0 amide bonds. The maximum absolute atomic E-state index is 3.69. The van der Waals surface area contributed by atoms with Crippen molar-refractivity contribution in [1.82, 2.24) is 4.98 Å². The number of hydrogen-bond acceptors (Lipinski definition) is 0. The topological polar surface area (TPSA) is 15.8 Å². The summed E-state index contributed by atoms with van der Waals surface area (Å²) in [6.45, 7) is 2.29. The zero-order chi connectivity index (χ0) is 17.5. The highest BCUT2D eigenvalue weighted by molar-refractivity contribution is 6.06. The molecule has 1 N–H and O–H groups in total. The molecule has 0 fully saturated rings. The molecule has 0 aliphatic heterocycles. The number of para-hydroxylation sites is 1. The number of allylic oxidation sites excluding steroid dienone is 1. The number of rotatable bonds is 3. The van der Waals surface area contributed by atoms with Gasteiger partial charge in [-0.1, -0.05) is 85.8 Å².